The lowest BCUT2D eigenvalue weighted by Crippen LogP contribution is -1.84. The predicted molar refractivity (Wildman–Crippen MR) is 61.8 cm³/mol. The number of hydrogen-bond donors (Lipinski definition) is 1. The highest BCUT2D eigenvalue weighted by Crippen LogP contribution is 2.15. The molecule has 0 amide bonds. The average molecular weight is 238 g/mol. The first-order chi connectivity index (χ1) is 7.65. The Kier molecular flexibility index (Phi) is 2.96. The monoisotopic (exact) mass is 238 g/mol. The topological polar surface area (TPSA) is 38.9 Å². The smallest absolute Gasteiger partial charge is 0.180 e. The zero-order chi connectivity index (χ0) is 11.5. The second-order valence-corrected chi connectivity index (χ2v) is 4.01. The summed E-state index contributed by atoms with van der Waals surface area (Å²) in [6, 6.07) is 3.70. The lowest BCUT2D eigenvalue weighted by molar-refractivity contribution is 0.508. The van der Waals surface area contributed by atoms with E-state index < -0.39 is 11.6 Å². The molecular formula is C11H8F2N2S. The molecule has 0 aliphatic rings. The van der Waals surface area contributed by atoms with Crippen molar-refractivity contribution in [1.82, 2.24) is 4.98 Å². The van der Waals surface area contributed by atoms with Crippen LogP contribution in [-0.2, 0) is 0 Å². The molecule has 1 aromatic heterocycles. The molecule has 5 heteroatoms. The van der Waals surface area contributed by atoms with E-state index in [1.54, 1.807) is 17.5 Å². The number of anilines is 1. The second kappa shape index (κ2) is 4.40. The number of nitrogen functional groups attached to an aromatic ring is 1. The van der Waals surface area contributed by atoms with E-state index in [0.29, 0.717) is 16.4 Å². The zero-order valence-electron chi connectivity index (χ0n) is 8.15. The quantitative estimate of drug-likeness (QED) is 0.872. The van der Waals surface area contributed by atoms with Crippen molar-refractivity contribution in [3.05, 3.63) is 46.5 Å². The van der Waals surface area contributed by atoms with Crippen molar-refractivity contribution in [1.29, 1.82) is 0 Å². The van der Waals surface area contributed by atoms with Gasteiger partial charge in [-0.2, -0.15) is 0 Å². The Morgan fingerprint density at radius 2 is 2.00 bits per heavy atom. The number of thiazole rings is 1. The molecule has 1 heterocycles. The standard InChI is InChI=1S/C11H8F2N2S/c12-9-4-2-7(5-10(9)13)1-3-8-6-16-11(14)15-8/h1-6H,(H2,14,15). The third-order valence-electron chi connectivity index (χ3n) is 1.93. The molecule has 0 unspecified atom stereocenters. The van der Waals surface area contributed by atoms with Crippen LogP contribution in [-0.4, -0.2) is 4.98 Å². The minimum Gasteiger partial charge on any atom is -0.375 e. The molecule has 0 aliphatic heterocycles. The van der Waals surface area contributed by atoms with E-state index >= 15 is 0 Å². The van der Waals surface area contributed by atoms with Crippen molar-refractivity contribution in [3.8, 4) is 0 Å². The molecule has 2 aromatic rings. The maximum Gasteiger partial charge on any atom is 0.180 e. The summed E-state index contributed by atoms with van der Waals surface area (Å²) in [7, 11) is 0. The third-order valence-corrected chi connectivity index (χ3v) is 2.62. The molecule has 0 atom stereocenters. The van der Waals surface area contributed by atoms with Gasteiger partial charge in [0.05, 0.1) is 5.69 Å². The van der Waals surface area contributed by atoms with Crippen LogP contribution in [0.5, 0.6) is 0 Å². The summed E-state index contributed by atoms with van der Waals surface area (Å²) in [5, 5.41) is 2.26. The molecule has 2 nitrogen and oxygen atoms in total. The first kappa shape index (κ1) is 10.8. The Bertz CT molecular complexity index is 535. The van der Waals surface area contributed by atoms with Gasteiger partial charge in [-0.15, -0.1) is 11.3 Å². The van der Waals surface area contributed by atoms with E-state index in [4.69, 9.17) is 5.73 Å². The Hall–Kier alpha value is -1.75. The zero-order valence-corrected chi connectivity index (χ0v) is 8.97. The van der Waals surface area contributed by atoms with Gasteiger partial charge in [0.25, 0.3) is 0 Å². The van der Waals surface area contributed by atoms with Gasteiger partial charge < -0.3 is 5.73 Å². The van der Waals surface area contributed by atoms with Crippen LogP contribution in [0.25, 0.3) is 12.2 Å². The summed E-state index contributed by atoms with van der Waals surface area (Å²) in [6.07, 6.45) is 3.34. The summed E-state index contributed by atoms with van der Waals surface area (Å²) in [6.45, 7) is 0. The molecule has 2 rings (SSSR count). The van der Waals surface area contributed by atoms with E-state index in [9.17, 15) is 8.78 Å². The number of nitrogens with zero attached hydrogens (tertiary/aromatic N) is 1. The molecule has 0 spiro atoms. The van der Waals surface area contributed by atoms with Crippen molar-refractivity contribution in [3.63, 3.8) is 0 Å². The van der Waals surface area contributed by atoms with Crippen LogP contribution in [0.4, 0.5) is 13.9 Å². The molecular weight excluding hydrogens is 230 g/mol. The summed E-state index contributed by atoms with van der Waals surface area (Å²) in [5.41, 5.74) is 6.73. The molecule has 0 saturated heterocycles. The number of hydrogen-bond acceptors (Lipinski definition) is 3. The van der Waals surface area contributed by atoms with Crippen LogP contribution in [0.1, 0.15) is 11.3 Å². The largest absolute Gasteiger partial charge is 0.375 e. The average Bonchev–Trinajstić information content (AvgIpc) is 2.66. The van der Waals surface area contributed by atoms with E-state index in [2.05, 4.69) is 4.98 Å². The fraction of sp³-hybridized carbons (Fsp3) is 0. The Balaban J connectivity index is 2.20. The van der Waals surface area contributed by atoms with E-state index in [1.807, 2.05) is 0 Å². The van der Waals surface area contributed by atoms with Crippen LogP contribution in [0, 0.1) is 11.6 Å². The first-order valence-electron chi connectivity index (χ1n) is 4.49. The van der Waals surface area contributed by atoms with Gasteiger partial charge in [0.2, 0.25) is 0 Å². The SMILES string of the molecule is Nc1nc(C=Cc2ccc(F)c(F)c2)cs1. The summed E-state index contributed by atoms with van der Waals surface area (Å²) in [5.74, 6) is -1.71. The predicted octanol–water partition coefficient (Wildman–Crippen LogP) is 3.17. The van der Waals surface area contributed by atoms with Crippen LogP contribution < -0.4 is 5.73 Å². The number of benzene rings is 1. The van der Waals surface area contributed by atoms with Crippen molar-refractivity contribution < 1.29 is 8.78 Å². The second-order valence-electron chi connectivity index (χ2n) is 3.12. The van der Waals surface area contributed by atoms with Crippen molar-refractivity contribution in [2.45, 2.75) is 0 Å². The Labute approximate surface area is 95.1 Å². The molecule has 0 aliphatic carbocycles. The van der Waals surface area contributed by atoms with E-state index in [-0.39, 0.29) is 0 Å². The van der Waals surface area contributed by atoms with Crippen molar-refractivity contribution >= 4 is 28.6 Å². The van der Waals surface area contributed by atoms with Crippen LogP contribution in [0.15, 0.2) is 23.6 Å². The molecule has 2 N–H and O–H groups in total. The van der Waals surface area contributed by atoms with E-state index in [1.165, 1.54) is 17.4 Å². The van der Waals surface area contributed by atoms with Crippen LogP contribution >= 0.6 is 11.3 Å². The highest BCUT2D eigenvalue weighted by molar-refractivity contribution is 7.13. The summed E-state index contributed by atoms with van der Waals surface area (Å²) in [4.78, 5) is 4.01. The van der Waals surface area contributed by atoms with Gasteiger partial charge in [-0.3, -0.25) is 0 Å². The lowest BCUT2D eigenvalue weighted by Gasteiger charge is -1.94. The maximum absolute atomic E-state index is 12.9. The Morgan fingerprint density at radius 1 is 1.19 bits per heavy atom. The molecule has 16 heavy (non-hydrogen) atoms. The summed E-state index contributed by atoms with van der Waals surface area (Å²) >= 11 is 1.33. The molecule has 0 fully saturated rings. The minimum atomic E-state index is -0.861. The normalized spacial score (nSPS) is 11.1. The van der Waals surface area contributed by atoms with Gasteiger partial charge in [-0.25, -0.2) is 13.8 Å². The van der Waals surface area contributed by atoms with Crippen molar-refractivity contribution in [2.75, 3.05) is 5.73 Å². The molecule has 0 saturated carbocycles. The Morgan fingerprint density at radius 3 is 2.62 bits per heavy atom. The van der Waals surface area contributed by atoms with Crippen molar-refractivity contribution in [2.24, 2.45) is 0 Å². The number of aromatic nitrogens is 1. The highest BCUT2D eigenvalue weighted by Gasteiger charge is 2.00. The fourth-order valence-electron chi connectivity index (χ4n) is 1.17. The lowest BCUT2D eigenvalue weighted by atomic mass is 10.2. The van der Waals surface area contributed by atoms with E-state index in [0.717, 1.165) is 12.1 Å². The highest BCUT2D eigenvalue weighted by atomic mass is 32.1. The third kappa shape index (κ3) is 2.43. The first-order valence-corrected chi connectivity index (χ1v) is 5.37. The molecule has 82 valence electrons. The molecule has 0 bridgehead atoms. The van der Waals surface area contributed by atoms with Gasteiger partial charge >= 0.3 is 0 Å². The van der Waals surface area contributed by atoms with Gasteiger partial charge in [-0.1, -0.05) is 12.1 Å². The summed E-state index contributed by atoms with van der Waals surface area (Å²) < 4.78 is 25.5. The number of nitrogens with two attached hydrogens (primary N) is 1. The van der Waals surface area contributed by atoms with Gasteiger partial charge in [0.1, 0.15) is 0 Å². The van der Waals surface area contributed by atoms with Crippen LogP contribution in [0.3, 0.4) is 0 Å². The van der Waals surface area contributed by atoms with Gasteiger partial charge in [0, 0.05) is 5.38 Å². The maximum atomic E-state index is 12.9. The molecule has 0 radical (unpaired) electrons. The number of halogens is 2. The van der Waals surface area contributed by atoms with Gasteiger partial charge in [0.15, 0.2) is 16.8 Å². The minimum absolute atomic E-state index is 0.477. The molecule has 1 aromatic carbocycles. The number of rotatable bonds is 2. The van der Waals surface area contributed by atoms with Crippen LogP contribution in [0.2, 0.25) is 0 Å². The van der Waals surface area contributed by atoms with Gasteiger partial charge in [-0.05, 0) is 23.8 Å². The fourth-order valence-corrected chi connectivity index (χ4v) is 1.71.